The fraction of sp³-hybridized carbons (Fsp3) is 1.00. The van der Waals surface area contributed by atoms with Crippen molar-refractivity contribution in [3.63, 3.8) is 0 Å². The van der Waals surface area contributed by atoms with Gasteiger partial charge in [-0.2, -0.15) is 0 Å². The van der Waals surface area contributed by atoms with Gasteiger partial charge in [-0.1, -0.05) is 54.3 Å². The fourth-order valence-electron chi connectivity index (χ4n) is 5.53. The molecule has 0 bridgehead atoms. The fourth-order valence-corrected chi connectivity index (χ4v) is 18.9. The standard InChI is InChI=1S/C27H65NO3Si4/c1-17-24(29-34(14,15)27(7,20-4)30-33(11,12)13)25(5,18-2)35(16,23-21-22-28)31-26(6,19-3)32(8,9)10/h24H,17-23,28H2,1-16H3/t24?,25-,26-,27?,35?/m0/s1. The molecule has 0 aliphatic rings. The summed E-state index contributed by atoms with van der Waals surface area (Å²) < 4.78 is 21.8. The van der Waals surface area contributed by atoms with Gasteiger partial charge in [-0.05, 0) is 97.8 Å². The van der Waals surface area contributed by atoms with Gasteiger partial charge in [-0.3, -0.25) is 0 Å². The number of rotatable bonds is 17. The zero-order chi connectivity index (χ0) is 28.1. The second kappa shape index (κ2) is 12.7. The van der Waals surface area contributed by atoms with Crippen molar-refractivity contribution in [2.45, 2.75) is 167 Å². The molecule has 0 aromatic rings. The van der Waals surface area contributed by atoms with Crippen LogP contribution >= 0.6 is 0 Å². The summed E-state index contributed by atoms with van der Waals surface area (Å²) in [4.78, 5) is 0. The third-order valence-electron chi connectivity index (χ3n) is 9.51. The molecule has 212 valence electrons. The third kappa shape index (κ3) is 8.34. The molecular formula is C27H65NO3Si4. The molecule has 0 radical (unpaired) electrons. The first kappa shape index (κ1) is 35.7. The number of nitrogens with two attached hydrogens (primary N) is 1. The smallest absolute Gasteiger partial charge is 0.216 e. The SMILES string of the molecule is CCC(O[Si](C)(C)C(C)(CC)O[Si](C)(C)C)[C@](C)(CC)[Si](C)(CCCN)O[C@](C)(CC)[Si](C)(C)C. The van der Waals surface area contributed by atoms with Crippen molar-refractivity contribution in [1.82, 2.24) is 0 Å². The maximum absolute atomic E-state index is 7.54. The highest BCUT2D eigenvalue weighted by Gasteiger charge is 2.58. The predicted molar refractivity (Wildman–Crippen MR) is 168 cm³/mol. The van der Waals surface area contributed by atoms with Crippen molar-refractivity contribution < 1.29 is 13.3 Å². The Kier molecular flexibility index (Phi) is 13.0. The lowest BCUT2D eigenvalue weighted by Gasteiger charge is -2.56. The largest absolute Gasteiger partial charge is 0.414 e. The molecule has 0 aliphatic heterocycles. The van der Waals surface area contributed by atoms with Crippen LogP contribution in [0.4, 0.5) is 0 Å². The summed E-state index contributed by atoms with van der Waals surface area (Å²) in [7, 11) is -7.79. The first-order valence-corrected chi connectivity index (χ1v) is 26.8. The Bertz CT molecular complexity index is 651. The number of hydrogen-bond acceptors (Lipinski definition) is 4. The van der Waals surface area contributed by atoms with Gasteiger partial charge in [0.25, 0.3) is 0 Å². The molecule has 0 rings (SSSR count). The van der Waals surface area contributed by atoms with E-state index in [1.54, 1.807) is 0 Å². The van der Waals surface area contributed by atoms with E-state index in [1.807, 2.05) is 0 Å². The van der Waals surface area contributed by atoms with Crippen molar-refractivity contribution in [1.29, 1.82) is 0 Å². The maximum atomic E-state index is 7.54. The minimum absolute atomic E-state index is 0.00885. The molecule has 0 amide bonds. The van der Waals surface area contributed by atoms with Gasteiger partial charge in [-0.15, -0.1) is 0 Å². The molecule has 0 aliphatic carbocycles. The van der Waals surface area contributed by atoms with E-state index in [0.29, 0.717) is 0 Å². The van der Waals surface area contributed by atoms with Gasteiger partial charge in [0.2, 0.25) is 8.32 Å². The Labute approximate surface area is 225 Å². The van der Waals surface area contributed by atoms with Gasteiger partial charge in [0.15, 0.2) is 16.6 Å². The minimum Gasteiger partial charge on any atom is -0.414 e. The van der Waals surface area contributed by atoms with Crippen LogP contribution in [0.2, 0.25) is 70.0 Å². The van der Waals surface area contributed by atoms with Crippen LogP contribution in [0.25, 0.3) is 0 Å². The summed E-state index contributed by atoms with van der Waals surface area (Å²) >= 11 is 0. The Morgan fingerprint density at radius 3 is 1.51 bits per heavy atom. The van der Waals surface area contributed by atoms with Crippen molar-refractivity contribution >= 4 is 33.0 Å². The molecule has 4 nitrogen and oxygen atoms in total. The molecule has 35 heavy (non-hydrogen) atoms. The molecule has 0 fully saturated rings. The molecule has 0 spiro atoms. The van der Waals surface area contributed by atoms with Crippen molar-refractivity contribution in [2.24, 2.45) is 5.73 Å². The first-order valence-electron chi connectivity index (χ1n) is 14.4. The van der Waals surface area contributed by atoms with Gasteiger partial charge in [-0.25, -0.2) is 0 Å². The van der Waals surface area contributed by atoms with Gasteiger partial charge in [0.05, 0.1) is 19.4 Å². The second-order valence-corrected chi connectivity index (χ2v) is 32.8. The lowest BCUT2D eigenvalue weighted by atomic mass is 9.98. The molecule has 0 aromatic heterocycles. The van der Waals surface area contributed by atoms with Crippen LogP contribution in [0.3, 0.4) is 0 Å². The molecule has 2 N–H and O–H groups in total. The Hall–Kier alpha value is 0.708. The van der Waals surface area contributed by atoms with E-state index in [9.17, 15) is 0 Å². The topological polar surface area (TPSA) is 53.7 Å². The molecule has 8 heteroatoms. The van der Waals surface area contributed by atoms with Crippen molar-refractivity contribution in [3.05, 3.63) is 0 Å². The van der Waals surface area contributed by atoms with E-state index in [-0.39, 0.29) is 21.6 Å². The monoisotopic (exact) mass is 563 g/mol. The van der Waals surface area contributed by atoms with Crippen LogP contribution in [0.1, 0.15) is 80.6 Å². The minimum atomic E-state index is -2.27. The van der Waals surface area contributed by atoms with Crippen LogP contribution in [0.5, 0.6) is 0 Å². The zero-order valence-electron chi connectivity index (χ0n) is 26.8. The van der Waals surface area contributed by atoms with E-state index in [1.165, 1.54) is 0 Å². The Morgan fingerprint density at radius 2 is 1.20 bits per heavy atom. The van der Waals surface area contributed by atoms with Crippen molar-refractivity contribution in [3.8, 4) is 0 Å². The van der Waals surface area contributed by atoms with Crippen LogP contribution in [-0.4, -0.2) is 56.1 Å². The number of hydrogen-bond donors (Lipinski definition) is 1. The molecule has 5 atom stereocenters. The molecule has 3 unspecified atom stereocenters. The lowest BCUT2D eigenvalue weighted by molar-refractivity contribution is 0.0564. The van der Waals surface area contributed by atoms with Crippen LogP contribution < -0.4 is 5.73 Å². The Balaban J connectivity index is 6.62. The lowest BCUT2D eigenvalue weighted by Crippen LogP contribution is -2.65. The summed E-state index contributed by atoms with van der Waals surface area (Å²) in [6.45, 7) is 38.7. The molecule has 0 saturated carbocycles. The zero-order valence-corrected chi connectivity index (χ0v) is 30.8. The van der Waals surface area contributed by atoms with E-state index in [0.717, 1.165) is 44.7 Å². The van der Waals surface area contributed by atoms with Crippen LogP contribution in [0.15, 0.2) is 0 Å². The molecule has 0 aromatic carbocycles. The van der Waals surface area contributed by atoms with Crippen molar-refractivity contribution in [2.75, 3.05) is 6.54 Å². The quantitative estimate of drug-likeness (QED) is 0.180. The second-order valence-electron chi connectivity index (χ2n) is 14.2. The van der Waals surface area contributed by atoms with E-state index >= 15 is 0 Å². The summed E-state index contributed by atoms with van der Waals surface area (Å²) in [5.41, 5.74) is 6.08. The molecule has 0 heterocycles. The highest BCUT2D eigenvalue weighted by Crippen LogP contribution is 2.53. The first-order chi connectivity index (χ1) is 15.6. The summed E-state index contributed by atoms with van der Waals surface area (Å²) in [5.74, 6) is 0. The van der Waals surface area contributed by atoms with Gasteiger partial charge < -0.3 is 19.0 Å². The third-order valence-corrected chi connectivity index (χ3v) is 23.8. The maximum Gasteiger partial charge on any atom is 0.216 e. The predicted octanol–water partition coefficient (Wildman–Crippen LogP) is 8.70. The van der Waals surface area contributed by atoms with Gasteiger partial charge in [0.1, 0.15) is 0 Å². The summed E-state index contributed by atoms with van der Waals surface area (Å²) in [6.07, 6.45) is 5.28. The highest BCUT2D eigenvalue weighted by molar-refractivity contribution is 6.82. The Morgan fingerprint density at radius 1 is 0.714 bits per heavy atom. The van der Waals surface area contributed by atoms with E-state index in [2.05, 4.69) is 107 Å². The normalized spacial score (nSPS) is 21.5. The molecule has 0 saturated heterocycles. The molecular weight excluding hydrogens is 499 g/mol. The van der Waals surface area contributed by atoms with E-state index in [4.69, 9.17) is 19.0 Å². The van der Waals surface area contributed by atoms with E-state index < -0.39 is 33.0 Å². The average Bonchev–Trinajstić information content (AvgIpc) is 2.72. The van der Waals surface area contributed by atoms with Crippen LogP contribution in [0, 0.1) is 0 Å². The van der Waals surface area contributed by atoms with Gasteiger partial charge >= 0.3 is 0 Å². The summed E-state index contributed by atoms with van der Waals surface area (Å²) in [6, 6.07) is 1.09. The highest BCUT2D eigenvalue weighted by atomic mass is 28.4. The average molecular weight is 564 g/mol. The van der Waals surface area contributed by atoms with Crippen LogP contribution in [-0.2, 0) is 13.3 Å². The van der Waals surface area contributed by atoms with Gasteiger partial charge in [0, 0.05) is 10.3 Å². The summed E-state index contributed by atoms with van der Waals surface area (Å²) in [5, 5.41) is -0.264.